The van der Waals surface area contributed by atoms with Gasteiger partial charge in [-0.2, -0.15) is 0 Å². The highest BCUT2D eigenvalue weighted by Gasteiger charge is 2.36. The van der Waals surface area contributed by atoms with E-state index in [1.54, 1.807) is 6.20 Å². The minimum atomic E-state index is -0.941. The second-order valence-electron chi connectivity index (χ2n) is 6.48. The molecule has 1 aliphatic rings. The average molecular weight is 325 g/mol. The molecular weight excluding hydrogens is 302 g/mol. The fraction of sp³-hybridized carbons (Fsp3) is 0.368. The Bertz CT molecular complexity index is 708. The maximum atomic E-state index is 12.7. The quantitative estimate of drug-likeness (QED) is 0.940. The molecule has 24 heavy (non-hydrogen) atoms. The minimum absolute atomic E-state index is 0.0155. The van der Waals surface area contributed by atoms with Crippen molar-refractivity contribution in [3.63, 3.8) is 0 Å². The fourth-order valence-electron chi connectivity index (χ4n) is 3.07. The van der Waals surface area contributed by atoms with Gasteiger partial charge < -0.3 is 14.9 Å². The van der Waals surface area contributed by atoms with E-state index in [0.717, 1.165) is 5.69 Å². The molecule has 0 unspecified atom stereocenters. The zero-order valence-corrected chi connectivity index (χ0v) is 14.1. The van der Waals surface area contributed by atoms with Crippen molar-refractivity contribution in [3.8, 4) is 0 Å². The van der Waals surface area contributed by atoms with Crippen molar-refractivity contribution >= 4 is 11.6 Å². The fourth-order valence-corrected chi connectivity index (χ4v) is 3.07. The number of hydrogen-bond acceptors (Lipinski definition) is 4. The van der Waals surface area contributed by atoms with E-state index >= 15 is 0 Å². The summed E-state index contributed by atoms with van der Waals surface area (Å²) in [5.41, 5.74) is 1.43. The second-order valence-corrected chi connectivity index (χ2v) is 6.48. The molecule has 0 radical (unpaired) electrons. The molecule has 2 heterocycles. The molecule has 0 atom stereocenters. The van der Waals surface area contributed by atoms with E-state index in [4.69, 9.17) is 0 Å². The Hall–Kier alpha value is -2.40. The van der Waals surface area contributed by atoms with Crippen molar-refractivity contribution in [1.29, 1.82) is 0 Å². The maximum absolute atomic E-state index is 12.7. The van der Waals surface area contributed by atoms with Gasteiger partial charge in [0, 0.05) is 44.6 Å². The number of hydrogen-bond donors (Lipinski definition) is 1. The van der Waals surface area contributed by atoms with E-state index in [-0.39, 0.29) is 5.91 Å². The van der Waals surface area contributed by atoms with E-state index in [1.807, 2.05) is 66.4 Å². The van der Waals surface area contributed by atoms with Gasteiger partial charge in [-0.15, -0.1) is 0 Å². The molecule has 5 heteroatoms. The normalized spacial score (nSPS) is 16.7. The predicted octanol–water partition coefficient (Wildman–Crippen LogP) is 2.27. The third kappa shape index (κ3) is 3.26. The molecule has 0 aliphatic carbocycles. The van der Waals surface area contributed by atoms with Gasteiger partial charge in [0.15, 0.2) is 0 Å². The average Bonchev–Trinajstić information content (AvgIpc) is 2.62. The maximum Gasteiger partial charge on any atom is 0.253 e. The van der Waals surface area contributed by atoms with Crippen LogP contribution in [0.4, 0.5) is 5.69 Å². The monoisotopic (exact) mass is 325 g/mol. The highest BCUT2D eigenvalue weighted by atomic mass is 16.3. The first-order chi connectivity index (χ1) is 11.5. The molecule has 1 aromatic heterocycles. The van der Waals surface area contributed by atoms with Crippen LogP contribution in [-0.2, 0) is 5.60 Å². The molecular formula is C19H23N3O2. The SMILES string of the molecule is CN(C)c1cccc(C(=O)N2CCC(O)(c3ccccn3)CC2)c1. The van der Waals surface area contributed by atoms with Crippen molar-refractivity contribution in [2.24, 2.45) is 0 Å². The first-order valence-corrected chi connectivity index (χ1v) is 8.20. The summed E-state index contributed by atoms with van der Waals surface area (Å²) >= 11 is 0. The molecule has 0 saturated carbocycles. The Labute approximate surface area is 142 Å². The van der Waals surface area contributed by atoms with Crippen LogP contribution in [0, 0.1) is 0 Å². The lowest BCUT2D eigenvalue weighted by atomic mass is 9.87. The summed E-state index contributed by atoms with van der Waals surface area (Å²) in [6.45, 7) is 1.05. The summed E-state index contributed by atoms with van der Waals surface area (Å²) in [5.74, 6) is 0.0155. The van der Waals surface area contributed by atoms with Crippen LogP contribution < -0.4 is 4.90 Å². The molecule has 1 aromatic carbocycles. The lowest BCUT2D eigenvalue weighted by Crippen LogP contribution is -2.45. The number of benzene rings is 1. The van der Waals surface area contributed by atoms with Gasteiger partial charge in [-0.25, -0.2) is 0 Å². The van der Waals surface area contributed by atoms with Crippen molar-refractivity contribution in [3.05, 3.63) is 59.9 Å². The lowest BCUT2D eigenvalue weighted by molar-refractivity contribution is -0.0244. The van der Waals surface area contributed by atoms with Gasteiger partial charge in [-0.3, -0.25) is 9.78 Å². The van der Waals surface area contributed by atoms with Crippen LogP contribution in [0.5, 0.6) is 0 Å². The molecule has 1 saturated heterocycles. The lowest BCUT2D eigenvalue weighted by Gasteiger charge is -2.37. The van der Waals surface area contributed by atoms with Crippen molar-refractivity contribution in [1.82, 2.24) is 9.88 Å². The van der Waals surface area contributed by atoms with Gasteiger partial charge >= 0.3 is 0 Å². The molecule has 0 bridgehead atoms. The molecule has 0 spiro atoms. The molecule has 1 fully saturated rings. The van der Waals surface area contributed by atoms with E-state index in [1.165, 1.54) is 0 Å². The Morgan fingerprint density at radius 2 is 1.92 bits per heavy atom. The first-order valence-electron chi connectivity index (χ1n) is 8.20. The van der Waals surface area contributed by atoms with Crippen LogP contribution in [0.2, 0.25) is 0 Å². The number of rotatable bonds is 3. The smallest absolute Gasteiger partial charge is 0.253 e. The predicted molar refractivity (Wildman–Crippen MR) is 94.0 cm³/mol. The zero-order chi connectivity index (χ0) is 17.2. The Morgan fingerprint density at radius 1 is 1.17 bits per heavy atom. The third-order valence-corrected chi connectivity index (χ3v) is 4.63. The van der Waals surface area contributed by atoms with E-state index in [2.05, 4.69) is 4.98 Å². The summed E-state index contributed by atoms with van der Waals surface area (Å²) in [6, 6.07) is 13.2. The second kappa shape index (κ2) is 6.61. The number of carbonyl (C=O) groups is 1. The highest BCUT2D eigenvalue weighted by Crippen LogP contribution is 2.32. The molecule has 5 nitrogen and oxygen atoms in total. The minimum Gasteiger partial charge on any atom is -0.383 e. The van der Waals surface area contributed by atoms with Crippen molar-refractivity contribution in [2.75, 3.05) is 32.1 Å². The van der Waals surface area contributed by atoms with Crippen LogP contribution in [0.1, 0.15) is 28.9 Å². The molecule has 126 valence electrons. The van der Waals surface area contributed by atoms with Crippen LogP contribution in [0.25, 0.3) is 0 Å². The number of nitrogens with zero attached hydrogens (tertiary/aromatic N) is 3. The molecule has 3 rings (SSSR count). The van der Waals surface area contributed by atoms with Gasteiger partial charge in [0.2, 0.25) is 0 Å². The molecule has 1 N–H and O–H groups in total. The Balaban J connectivity index is 1.70. The largest absolute Gasteiger partial charge is 0.383 e. The Kier molecular flexibility index (Phi) is 4.53. The summed E-state index contributed by atoms with van der Waals surface area (Å²) in [5, 5.41) is 10.8. The topological polar surface area (TPSA) is 56.7 Å². The van der Waals surface area contributed by atoms with Crippen LogP contribution in [0.15, 0.2) is 48.7 Å². The van der Waals surface area contributed by atoms with Gasteiger partial charge in [-0.05, 0) is 43.2 Å². The summed E-state index contributed by atoms with van der Waals surface area (Å²) < 4.78 is 0. The number of piperidine rings is 1. The number of aromatic nitrogens is 1. The molecule has 1 amide bonds. The molecule has 1 aliphatic heterocycles. The van der Waals surface area contributed by atoms with Gasteiger partial charge in [0.05, 0.1) is 5.69 Å². The summed E-state index contributed by atoms with van der Waals surface area (Å²) in [4.78, 5) is 20.8. The van der Waals surface area contributed by atoms with Crippen molar-refractivity contribution in [2.45, 2.75) is 18.4 Å². The summed E-state index contributed by atoms with van der Waals surface area (Å²) in [6.07, 6.45) is 2.70. The van der Waals surface area contributed by atoms with Crippen molar-refractivity contribution < 1.29 is 9.90 Å². The van der Waals surface area contributed by atoms with E-state index in [9.17, 15) is 9.90 Å². The zero-order valence-electron chi connectivity index (χ0n) is 14.1. The van der Waals surface area contributed by atoms with Gasteiger partial charge in [0.25, 0.3) is 5.91 Å². The van der Waals surface area contributed by atoms with Crippen LogP contribution in [-0.4, -0.2) is 48.1 Å². The van der Waals surface area contributed by atoms with Gasteiger partial charge in [-0.1, -0.05) is 12.1 Å². The van der Waals surface area contributed by atoms with Crippen LogP contribution in [0.3, 0.4) is 0 Å². The third-order valence-electron chi connectivity index (χ3n) is 4.63. The van der Waals surface area contributed by atoms with E-state index in [0.29, 0.717) is 37.2 Å². The number of pyridine rings is 1. The van der Waals surface area contributed by atoms with Gasteiger partial charge in [0.1, 0.15) is 5.60 Å². The Morgan fingerprint density at radius 3 is 2.54 bits per heavy atom. The summed E-state index contributed by atoms with van der Waals surface area (Å²) in [7, 11) is 3.91. The van der Waals surface area contributed by atoms with E-state index < -0.39 is 5.60 Å². The molecule has 2 aromatic rings. The highest BCUT2D eigenvalue weighted by molar-refractivity contribution is 5.95. The number of likely N-dealkylation sites (tertiary alicyclic amines) is 1. The standard InChI is InChI=1S/C19H23N3O2/c1-21(2)16-7-5-6-15(14-16)18(23)22-12-9-19(24,10-13-22)17-8-3-4-11-20-17/h3-8,11,14,24H,9-10,12-13H2,1-2H3. The first kappa shape index (κ1) is 16.5. The number of aliphatic hydroxyl groups is 1. The number of anilines is 1. The van der Waals surface area contributed by atoms with Crippen LogP contribution >= 0.6 is 0 Å². The number of carbonyl (C=O) groups excluding carboxylic acids is 1. The number of amides is 1.